The predicted molar refractivity (Wildman–Crippen MR) is 87.0 cm³/mol. The number of nitrogens with zero attached hydrogens (tertiary/aromatic N) is 1. The van der Waals surface area contributed by atoms with E-state index < -0.39 is 0 Å². The molecule has 1 aliphatic heterocycles. The van der Waals surface area contributed by atoms with Crippen LogP contribution in [0.4, 0.5) is 0 Å². The minimum absolute atomic E-state index is 0.0882. The first-order valence-electron chi connectivity index (χ1n) is 6.46. The van der Waals surface area contributed by atoms with Crippen LogP contribution in [-0.4, -0.2) is 31.5 Å². The van der Waals surface area contributed by atoms with E-state index in [1.807, 2.05) is 25.3 Å². The van der Waals surface area contributed by atoms with Gasteiger partial charge in [0.05, 0.1) is 22.0 Å². The van der Waals surface area contributed by atoms with Gasteiger partial charge < -0.3 is 9.64 Å². The first kappa shape index (κ1) is 15.6. The monoisotopic (exact) mass is 401 g/mol. The quantitative estimate of drug-likeness (QED) is 0.719. The second kappa shape index (κ2) is 6.76. The molecule has 1 amide bonds. The van der Waals surface area contributed by atoms with E-state index in [4.69, 9.17) is 4.74 Å². The van der Waals surface area contributed by atoms with Crippen LogP contribution >= 0.6 is 31.9 Å². The first-order chi connectivity index (χ1) is 9.52. The lowest BCUT2D eigenvalue weighted by atomic mass is 9.98. The summed E-state index contributed by atoms with van der Waals surface area (Å²) in [5, 5.41) is 0. The molecule has 3 nitrogen and oxygen atoms in total. The van der Waals surface area contributed by atoms with Gasteiger partial charge in [-0.1, -0.05) is 12.2 Å². The Labute approximate surface area is 136 Å². The molecule has 0 saturated heterocycles. The third-order valence-electron chi connectivity index (χ3n) is 3.41. The Kier molecular flexibility index (Phi) is 5.27. The lowest BCUT2D eigenvalue weighted by Crippen LogP contribution is -2.32. The van der Waals surface area contributed by atoms with E-state index in [0.29, 0.717) is 6.42 Å². The largest absolute Gasteiger partial charge is 0.494 e. The summed E-state index contributed by atoms with van der Waals surface area (Å²) in [6.07, 6.45) is 5.74. The number of carbonyl (C=O) groups is 1. The van der Waals surface area contributed by atoms with E-state index in [-0.39, 0.29) is 11.8 Å². The van der Waals surface area contributed by atoms with Gasteiger partial charge in [-0.05, 0) is 62.4 Å². The van der Waals surface area contributed by atoms with Crippen molar-refractivity contribution in [3.05, 3.63) is 38.8 Å². The number of rotatable bonds is 3. The molecule has 0 N–H and O–H groups in total. The second-order valence-corrected chi connectivity index (χ2v) is 6.59. The van der Waals surface area contributed by atoms with Gasteiger partial charge in [0.15, 0.2) is 0 Å². The Morgan fingerprint density at radius 1 is 1.35 bits per heavy atom. The van der Waals surface area contributed by atoms with Crippen molar-refractivity contribution in [1.82, 2.24) is 4.90 Å². The molecule has 0 fully saturated rings. The summed E-state index contributed by atoms with van der Waals surface area (Å²) in [6, 6.07) is 4.02. The van der Waals surface area contributed by atoms with Gasteiger partial charge in [0.2, 0.25) is 5.91 Å². The molecule has 5 heteroatoms. The summed E-state index contributed by atoms with van der Waals surface area (Å²) in [4.78, 5) is 14.1. The number of methoxy groups -OCH3 is 1. The maximum absolute atomic E-state index is 12.3. The summed E-state index contributed by atoms with van der Waals surface area (Å²) >= 11 is 6.99. The van der Waals surface area contributed by atoms with Gasteiger partial charge in [0.25, 0.3) is 0 Å². The lowest BCUT2D eigenvalue weighted by molar-refractivity contribution is -0.132. The smallest absolute Gasteiger partial charge is 0.229 e. The van der Waals surface area contributed by atoms with E-state index >= 15 is 0 Å². The highest BCUT2D eigenvalue weighted by Gasteiger charge is 2.22. The average Bonchev–Trinajstić information content (AvgIpc) is 2.54. The minimum atomic E-state index is -0.0882. The predicted octanol–water partition coefficient (Wildman–Crippen LogP) is 3.80. The number of hydrogen-bond donors (Lipinski definition) is 0. The number of carbonyl (C=O) groups excluding carboxylic acids is 1. The molecule has 2 rings (SSSR count). The molecule has 0 aromatic heterocycles. The van der Waals surface area contributed by atoms with Gasteiger partial charge in [-0.3, -0.25) is 4.79 Å². The average molecular weight is 403 g/mol. The molecule has 1 atom stereocenters. The number of hydrogen-bond acceptors (Lipinski definition) is 2. The number of halogens is 2. The summed E-state index contributed by atoms with van der Waals surface area (Å²) < 4.78 is 7.08. The second-order valence-electron chi connectivity index (χ2n) is 4.88. The molecule has 0 aliphatic carbocycles. The Morgan fingerprint density at radius 3 is 2.60 bits per heavy atom. The summed E-state index contributed by atoms with van der Waals surface area (Å²) in [6.45, 7) is 0.793. The number of benzene rings is 1. The Morgan fingerprint density at radius 2 is 2.00 bits per heavy atom. The highest BCUT2D eigenvalue weighted by Crippen LogP contribution is 2.35. The van der Waals surface area contributed by atoms with Crippen molar-refractivity contribution in [2.45, 2.75) is 12.8 Å². The molecular weight excluding hydrogens is 386 g/mol. The van der Waals surface area contributed by atoms with E-state index in [0.717, 1.165) is 33.2 Å². The summed E-state index contributed by atoms with van der Waals surface area (Å²) in [7, 11) is 3.50. The van der Waals surface area contributed by atoms with Crippen LogP contribution in [0.25, 0.3) is 0 Å². The summed E-state index contributed by atoms with van der Waals surface area (Å²) in [5.74, 6) is 0.866. The van der Waals surface area contributed by atoms with E-state index in [1.54, 1.807) is 12.0 Å². The van der Waals surface area contributed by atoms with E-state index in [1.165, 1.54) is 0 Å². The van der Waals surface area contributed by atoms with Gasteiger partial charge in [0.1, 0.15) is 5.75 Å². The van der Waals surface area contributed by atoms with Crippen molar-refractivity contribution >= 4 is 37.8 Å². The van der Waals surface area contributed by atoms with Crippen LogP contribution in [0, 0.1) is 5.92 Å². The molecule has 20 heavy (non-hydrogen) atoms. The van der Waals surface area contributed by atoms with Crippen LogP contribution in [0.3, 0.4) is 0 Å². The summed E-state index contributed by atoms with van der Waals surface area (Å²) in [5.41, 5.74) is 1.10. The van der Waals surface area contributed by atoms with Gasteiger partial charge in [-0.2, -0.15) is 0 Å². The van der Waals surface area contributed by atoms with Crippen LogP contribution in [0.1, 0.15) is 12.0 Å². The van der Waals surface area contributed by atoms with Crippen LogP contribution in [-0.2, 0) is 11.2 Å². The molecule has 1 unspecified atom stereocenters. The fourth-order valence-corrected chi connectivity index (χ4v) is 3.94. The molecule has 1 heterocycles. The Balaban J connectivity index is 2.23. The normalized spacial score (nSPS) is 19.1. The van der Waals surface area contributed by atoms with Crippen molar-refractivity contribution in [3.8, 4) is 5.75 Å². The zero-order valence-electron chi connectivity index (χ0n) is 11.5. The molecule has 0 spiro atoms. The molecule has 0 radical (unpaired) electrons. The molecular formula is C15H17Br2NO2. The van der Waals surface area contributed by atoms with Crippen molar-refractivity contribution in [1.29, 1.82) is 0 Å². The minimum Gasteiger partial charge on any atom is -0.494 e. The molecule has 1 aliphatic rings. The van der Waals surface area contributed by atoms with Gasteiger partial charge in [-0.25, -0.2) is 0 Å². The topological polar surface area (TPSA) is 29.5 Å². The van der Waals surface area contributed by atoms with Crippen molar-refractivity contribution < 1.29 is 9.53 Å². The maximum Gasteiger partial charge on any atom is 0.229 e. The van der Waals surface area contributed by atoms with Gasteiger partial charge >= 0.3 is 0 Å². The van der Waals surface area contributed by atoms with Crippen molar-refractivity contribution in [3.63, 3.8) is 0 Å². The fraction of sp³-hybridized carbons (Fsp3) is 0.400. The highest BCUT2D eigenvalue weighted by atomic mass is 79.9. The molecule has 108 valence electrons. The number of amides is 1. The van der Waals surface area contributed by atoms with Crippen LogP contribution < -0.4 is 4.74 Å². The maximum atomic E-state index is 12.3. The molecule has 0 saturated carbocycles. The third kappa shape index (κ3) is 3.44. The zero-order chi connectivity index (χ0) is 14.7. The van der Waals surface area contributed by atoms with Gasteiger partial charge in [0, 0.05) is 13.6 Å². The highest BCUT2D eigenvalue weighted by molar-refractivity contribution is 9.11. The van der Waals surface area contributed by atoms with Crippen LogP contribution in [0.15, 0.2) is 33.2 Å². The lowest BCUT2D eigenvalue weighted by Gasteiger charge is -2.19. The number of ether oxygens (including phenoxy) is 1. The molecule has 1 aromatic carbocycles. The van der Waals surface area contributed by atoms with Crippen LogP contribution in [0.5, 0.6) is 5.75 Å². The molecule has 1 aromatic rings. The Bertz CT molecular complexity index is 520. The molecule has 0 bridgehead atoms. The van der Waals surface area contributed by atoms with E-state index in [2.05, 4.69) is 37.9 Å². The fourth-order valence-electron chi connectivity index (χ4n) is 2.34. The van der Waals surface area contributed by atoms with Crippen molar-refractivity contribution in [2.24, 2.45) is 5.92 Å². The first-order valence-corrected chi connectivity index (χ1v) is 8.05. The van der Waals surface area contributed by atoms with Gasteiger partial charge in [-0.15, -0.1) is 0 Å². The van der Waals surface area contributed by atoms with Crippen molar-refractivity contribution in [2.75, 3.05) is 20.7 Å². The van der Waals surface area contributed by atoms with E-state index in [9.17, 15) is 4.79 Å². The SMILES string of the molecule is COc1c(Br)cc(CC2C=CCCN(C)C2=O)cc1Br. The Hall–Kier alpha value is -0.810. The zero-order valence-corrected chi connectivity index (χ0v) is 14.7. The standard InChI is InChI=1S/C15H17Br2NO2/c1-18-6-4-3-5-11(15(18)19)7-10-8-12(16)14(20-2)13(17)9-10/h3,5,8-9,11H,4,6-7H2,1-2H3. The third-order valence-corrected chi connectivity index (χ3v) is 4.59. The van der Waals surface area contributed by atoms with Crippen LogP contribution in [0.2, 0.25) is 0 Å².